The summed E-state index contributed by atoms with van der Waals surface area (Å²) in [6.07, 6.45) is 2.67. The summed E-state index contributed by atoms with van der Waals surface area (Å²) >= 11 is 1.29. The predicted octanol–water partition coefficient (Wildman–Crippen LogP) is 7.85. The minimum atomic E-state index is -0.562. The van der Waals surface area contributed by atoms with Gasteiger partial charge in [-0.15, -0.1) is 0 Å². The van der Waals surface area contributed by atoms with Crippen LogP contribution in [0.15, 0.2) is 59.8 Å². The molecule has 5 rings (SSSR count). The number of fused-ring (bicyclic) bond motifs is 1. The Labute approximate surface area is 219 Å². The van der Waals surface area contributed by atoms with Gasteiger partial charge in [-0.2, -0.15) is 0 Å². The Hall–Kier alpha value is -3.19. The monoisotopic (exact) mass is 522 g/mol. The fourth-order valence-electron chi connectivity index (χ4n) is 5.34. The van der Waals surface area contributed by atoms with E-state index < -0.39 is 11.6 Å². The molecule has 37 heavy (non-hydrogen) atoms. The van der Waals surface area contributed by atoms with Crippen molar-refractivity contribution >= 4 is 11.8 Å². The maximum Gasteiger partial charge on any atom is 0.173 e. The molecule has 1 aromatic heterocycles. The predicted molar refractivity (Wildman–Crippen MR) is 141 cm³/mol. The molecule has 1 atom stereocenters. The lowest BCUT2D eigenvalue weighted by Gasteiger charge is -2.36. The average molecular weight is 523 g/mol. The molecular formula is C30H29F3N2OS. The zero-order chi connectivity index (χ0) is 26.3. The Kier molecular flexibility index (Phi) is 6.84. The van der Waals surface area contributed by atoms with Crippen LogP contribution in [0.25, 0.3) is 5.69 Å². The number of ether oxygens (including phenoxy) is 1. The van der Waals surface area contributed by atoms with Gasteiger partial charge in [0.15, 0.2) is 5.16 Å². The summed E-state index contributed by atoms with van der Waals surface area (Å²) in [5, 5.41) is 0.634. The molecular weight excluding hydrogens is 493 g/mol. The maximum absolute atomic E-state index is 14.6. The van der Waals surface area contributed by atoms with E-state index in [1.54, 1.807) is 26.2 Å². The second-order valence-corrected chi connectivity index (χ2v) is 10.8. The van der Waals surface area contributed by atoms with Crippen LogP contribution in [-0.4, -0.2) is 16.7 Å². The van der Waals surface area contributed by atoms with Crippen molar-refractivity contribution in [2.75, 3.05) is 7.11 Å². The van der Waals surface area contributed by atoms with Crippen LogP contribution in [0.5, 0.6) is 5.75 Å². The molecule has 3 nitrogen and oxygen atoms in total. The molecule has 4 aromatic rings. The summed E-state index contributed by atoms with van der Waals surface area (Å²) in [5.74, 6) is -0.535. The first-order valence-corrected chi connectivity index (χ1v) is 13.3. The quantitative estimate of drug-likeness (QED) is 0.241. The Morgan fingerprint density at radius 3 is 2.35 bits per heavy atom. The van der Waals surface area contributed by atoms with E-state index in [2.05, 4.69) is 19.1 Å². The lowest BCUT2D eigenvalue weighted by atomic mass is 9.71. The molecule has 3 aromatic carbocycles. The zero-order valence-electron chi connectivity index (χ0n) is 21.4. The van der Waals surface area contributed by atoms with Gasteiger partial charge in [-0.05, 0) is 99.2 Å². The highest BCUT2D eigenvalue weighted by Crippen LogP contribution is 2.46. The molecule has 192 valence electrons. The topological polar surface area (TPSA) is 27.1 Å². The first kappa shape index (κ1) is 25.5. The lowest BCUT2D eigenvalue weighted by Crippen LogP contribution is -2.31. The summed E-state index contributed by atoms with van der Waals surface area (Å²) in [7, 11) is 1.66. The van der Waals surface area contributed by atoms with Crippen LogP contribution in [-0.2, 0) is 17.6 Å². The molecule has 0 saturated heterocycles. The van der Waals surface area contributed by atoms with E-state index in [-0.39, 0.29) is 22.5 Å². The van der Waals surface area contributed by atoms with Gasteiger partial charge in [0.2, 0.25) is 0 Å². The number of halogens is 3. The van der Waals surface area contributed by atoms with E-state index in [9.17, 15) is 13.2 Å². The van der Waals surface area contributed by atoms with Gasteiger partial charge in [-0.25, -0.2) is 18.2 Å². The minimum absolute atomic E-state index is 0.0239. The highest BCUT2D eigenvalue weighted by molar-refractivity contribution is 7.98. The number of rotatable bonds is 6. The molecule has 7 heteroatoms. The van der Waals surface area contributed by atoms with Crippen molar-refractivity contribution < 1.29 is 17.9 Å². The number of nitrogens with zero attached hydrogens (tertiary/aromatic N) is 2. The van der Waals surface area contributed by atoms with Crippen LogP contribution in [0.4, 0.5) is 13.2 Å². The standard InChI is InChI=1S/C30H29F3N2OS/c1-18-14-24(32)23(25(33)15-18)17-37-29-34-26-6-5-13-30(3,20-7-12-27(36-4)19(2)16-20)28(26)35(29)22-10-8-21(31)9-11-22/h7-12,14-16H,5-6,13,17H2,1-4H3. The molecule has 1 aliphatic carbocycles. The van der Waals surface area contributed by atoms with Crippen molar-refractivity contribution in [3.8, 4) is 11.4 Å². The van der Waals surface area contributed by atoms with Gasteiger partial charge in [-0.1, -0.05) is 23.9 Å². The van der Waals surface area contributed by atoms with Crippen molar-refractivity contribution in [3.63, 3.8) is 0 Å². The van der Waals surface area contributed by atoms with E-state index in [1.165, 1.54) is 36.0 Å². The molecule has 0 N–H and O–H groups in total. The van der Waals surface area contributed by atoms with Gasteiger partial charge < -0.3 is 4.74 Å². The molecule has 0 aliphatic heterocycles. The second-order valence-electron chi connectivity index (χ2n) is 9.87. The van der Waals surface area contributed by atoms with Crippen molar-refractivity contribution in [2.45, 2.75) is 56.4 Å². The fourth-order valence-corrected chi connectivity index (χ4v) is 6.39. The van der Waals surface area contributed by atoms with Crippen LogP contribution >= 0.6 is 11.8 Å². The zero-order valence-corrected chi connectivity index (χ0v) is 22.2. The number of imidazole rings is 1. The molecule has 0 bridgehead atoms. The van der Waals surface area contributed by atoms with Crippen LogP contribution in [0, 0.1) is 31.3 Å². The van der Waals surface area contributed by atoms with E-state index >= 15 is 0 Å². The Balaban J connectivity index is 1.65. The largest absolute Gasteiger partial charge is 0.496 e. The van der Waals surface area contributed by atoms with Crippen LogP contribution < -0.4 is 4.74 Å². The van der Waals surface area contributed by atoms with Gasteiger partial charge >= 0.3 is 0 Å². The molecule has 1 aliphatic rings. The molecule has 1 unspecified atom stereocenters. The molecule has 1 heterocycles. The van der Waals surface area contributed by atoms with E-state index in [4.69, 9.17) is 9.72 Å². The van der Waals surface area contributed by atoms with E-state index in [0.29, 0.717) is 10.7 Å². The highest BCUT2D eigenvalue weighted by Gasteiger charge is 2.39. The first-order chi connectivity index (χ1) is 17.7. The van der Waals surface area contributed by atoms with Crippen molar-refractivity contribution in [3.05, 3.63) is 106 Å². The highest BCUT2D eigenvalue weighted by atomic mass is 32.2. The third-order valence-corrected chi connectivity index (χ3v) is 8.24. The number of methoxy groups -OCH3 is 1. The van der Waals surface area contributed by atoms with Crippen molar-refractivity contribution in [1.29, 1.82) is 0 Å². The fraction of sp³-hybridized carbons (Fsp3) is 0.300. The third kappa shape index (κ3) is 4.65. The van der Waals surface area contributed by atoms with Gasteiger partial charge in [-0.3, -0.25) is 4.57 Å². The summed E-state index contributed by atoms with van der Waals surface area (Å²) in [6.45, 7) is 5.90. The molecule has 0 fully saturated rings. The second kappa shape index (κ2) is 9.93. The van der Waals surface area contributed by atoms with Gasteiger partial charge in [0.1, 0.15) is 23.2 Å². The van der Waals surface area contributed by atoms with E-state index in [0.717, 1.165) is 53.2 Å². The van der Waals surface area contributed by atoms with Crippen molar-refractivity contribution in [1.82, 2.24) is 9.55 Å². The summed E-state index contributed by atoms with van der Waals surface area (Å²) in [6, 6.07) is 15.2. The maximum atomic E-state index is 14.6. The Bertz CT molecular complexity index is 1440. The number of thioether (sulfide) groups is 1. The summed E-state index contributed by atoms with van der Waals surface area (Å²) in [5.41, 5.74) is 5.13. The molecule has 0 amide bonds. The Morgan fingerprint density at radius 2 is 1.70 bits per heavy atom. The van der Waals surface area contributed by atoms with Crippen LogP contribution in [0.2, 0.25) is 0 Å². The lowest BCUT2D eigenvalue weighted by molar-refractivity contribution is 0.409. The molecule has 0 radical (unpaired) electrons. The van der Waals surface area contributed by atoms with Gasteiger partial charge in [0, 0.05) is 22.4 Å². The molecule has 0 saturated carbocycles. The number of aryl methyl sites for hydroxylation is 3. The summed E-state index contributed by atoms with van der Waals surface area (Å²) < 4.78 is 50.6. The van der Waals surface area contributed by atoms with Gasteiger partial charge in [0.05, 0.1) is 18.5 Å². The third-order valence-electron chi connectivity index (χ3n) is 7.28. The minimum Gasteiger partial charge on any atom is -0.496 e. The number of benzene rings is 3. The van der Waals surface area contributed by atoms with Crippen molar-refractivity contribution in [2.24, 2.45) is 0 Å². The van der Waals surface area contributed by atoms with E-state index in [1.807, 2.05) is 17.6 Å². The number of hydrogen-bond acceptors (Lipinski definition) is 3. The average Bonchev–Trinajstić information content (AvgIpc) is 3.24. The van der Waals surface area contributed by atoms with Crippen LogP contribution in [0.3, 0.4) is 0 Å². The normalized spacial score (nSPS) is 17.1. The van der Waals surface area contributed by atoms with Crippen LogP contribution in [0.1, 0.15) is 53.4 Å². The van der Waals surface area contributed by atoms with Gasteiger partial charge in [0.25, 0.3) is 0 Å². The summed E-state index contributed by atoms with van der Waals surface area (Å²) in [4.78, 5) is 4.98. The number of hydrogen-bond donors (Lipinski definition) is 0. The SMILES string of the molecule is COc1ccc(C2(C)CCCc3nc(SCc4c(F)cc(C)cc4F)n(-c4ccc(F)cc4)c32)cc1C. The molecule has 0 spiro atoms. The Morgan fingerprint density at radius 1 is 1.00 bits per heavy atom. The number of aromatic nitrogens is 2. The smallest absolute Gasteiger partial charge is 0.173 e. The first-order valence-electron chi connectivity index (χ1n) is 12.3.